The zero-order chi connectivity index (χ0) is 13.2. The molecule has 6 nitrogen and oxygen atoms in total. The molecule has 2 aromatic rings. The van der Waals surface area contributed by atoms with E-state index in [-0.39, 0.29) is 0 Å². The average Bonchev–Trinajstić information content (AvgIpc) is 2.85. The first-order valence-corrected chi connectivity index (χ1v) is 6.98. The molecule has 4 N–H and O–H groups in total. The second-order valence-corrected chi connectivity index (χ2v) is 5.23. The molecule has 0 spiro atoms. The lowest BCUT2D eigenvalue weighted by Gasteiger charge is -2.27. The summed E-state index contributed by atoms with van der Waals surface area (Å²) in [7, 11) is 0. The maximum Gasteiger partial charge on any atom is 0.158 e. The number of aromatic nitrogens is 4. The molecule has 0 saturated heterocycles. The number of rotatable bonds is 3. The van der Waals surface area contributed by atoms with Crippen LogP contribution in [0.3, 0.4) is 0 Å². The van der Waals surface area contributed by atoms with Crippen LogP contribution in [-0.2, 0) is 6.42 Å². The molecule has 1 aliphatic rings. The highest BCUT2D eigenvalue weighted by molar-refractivity contribution is 5.86. The molecule has 1 fully saturated rings. The van der Waals surface area contributed by atoms with Crippen LogP contribution >= 0.6 is 0 Å². The number of H-pyrrole nitrogens is 1. The van der Waals surface area contributed by atoms with E-state index < -0.39 is 0 Å². The lowest BCUT2D eigenvalue weighted by molar-refractivity contribution is 0.410. The van der Waals surface area contributed by atoms with Gasteiger partial charge in [-0.3, -0.25) is 5.10 Å². The first kappa shape index (κ1) is 12.3. The summed E-state index contributed by atoms with van der Waals surface area (Å²) in [5, 5.41) is 10.9. The standard InChI is InChI=1S/C13H20N6/c1-2-10-11-12(19-18-10)13(16-7-15-11)17-9-5-3-8(14)4-6-9/h7-9H,2-6,14H2,1H3,(H,18,19)(H,15,16,17). The topological polar surface area (TPSA) is 92.5 Å². The zero-order valence-corrected chi connectivity index (χ0v) is 11.2. The fourth-order valence-electron chi connectivity index (χ4n) is 2.69. The van der Waals surface area contributed by atoms with Gasteiger partial charge in [-0.05, 0) is 32.1 Å². The van der Waals surface area contributed by atoms with Crippen molar-refractivity contribution in [3.63, 3.8) is 0 Å². The van der Waals surface area contributed by atoms with Crippen LogP contribution in [0, 0.1) is 0 Å². The first-order valence-electron chi connectivity index (χ1n) is 6.98. The van der Waals surface area contributed by atoms with Crippen molar-refractivity contribution in [1.82, 2.24) is 20.2 Å². The van der Waals surface area contributed by atoms with Crippen LogP contribution < -0.4 is 11.1 Å². The Kier molecular flexibility index (Phi) is 3.33. The van der Waals surface area contributed by atoms with Gasteiger partial charge in [0.25, 0.3) is 0 Å². The molecule has 0 aliphatic heterocycles. The summed E-state index contributed by atoms with van der Waals surface area (Å²) in [6, 6.07) is 0.806. The summed E-state index contributed by atoms with van der Waals surface area (Å²) in [6.45, 7) is 2.09. The summed E-state index contributed by atoms with van der Waals surface area (Å²) in [5.41, 5.74) is 8.76. The van der Waals surface area contributed by atoms with Crippen molar-refractivity contribution >= 4 is 16.9 Å². The van der Waals surface area contributed by atoms with Gasteiger partial charge < -0.3 is 11.1 Å². The Bertz CT molecular complexity index is 555. The van der Waals surface area contributed by atoms with E-state index in [1.165, 1.54) is 0 Å². The monoisotopic (exact) mass is 260 g/mol. The van der Waals surface area contributed by atoms with Gasteiger partial charge in [-0.15, -0.1) is 0 Å². The van der Waals surface area contributed by atoms with Crippen LogP contribution in [0.5, 0.6) is 0 Å². The van der Waals surface area contributed by atoms with Crippen LogP contribution in [0.4, 0.5) is 5.82 Å². The molecule has 0 atom stereocenters. The summed E-state index contributed by atoms with van der Waals surface area (Å²) >= 11 is 0. The van der Waals surface area contributed by atoms with Gasteiger partial charge in [0.05, 0.1) is 5.69 Å². The highest BCUT2D eigenvalue weighted by Crippen LogP contribution is 2.24. The molecule has 0 amide bonds. The third kappa shape index (κ3) is 2.40. The van der Waals surface area contributed by atoms with Crippen LogP contribution in [0.2, 0.25) is 0 Å². The number of fused-ring (bicyclic) bond motifs is 1. The molecule has 3 rings (SSSR count). The molecule has 0 aromatic carbocycles. The summed E-state index contributed by atoms with van der Waals surface area (Å²) in [5.74, 6) is 0.835. The fraction of sp³-hybridized carbons (Fsp3) is 0.615. The van der Waals surface area contributed by atoms with Crippen molar-refractivity contribution in [3.8, 4) is 0 Å². The van der Waals surface area contributed by atoms with Crippen molar-refractivity contribution in [1.29, 1.82) is 0 Å². The molecular weight excluding hydrogens is 240 g/mol. The van der Waals surface area contributed by atoms with Crippen LogP contribution in [0.1, 0.15) is 38.3 Å². The van der Waals surface area contributed by atoms with Gasteiger partial charge in [-0.2, -0.15) is 5.10 Å². The Morgan fingerprint density at radius 1 is 1.26 bits per heavy atom. The smallest absolute Gasteiger partial charge is 0.158 e. The Hall–Kier alpha value is -1.69. The number of anilines is 1. The van der Waals surface area contributed by atoms with Gasteiger partial charge in [-0.1, -0.05) is 6.92 Å². The van der Waals surface area contributed by atoms with Crippen LogP contribution in [0.25, 0.3) is 11.0 Å². The van der Waals surface area contributed by atoms with Gasteiger partial charge in [-0.25, -0.2) is 9.97 Å². The second-order valence-electron chi connectivity index (χ2n) is 5.23. The van der Waals surface area contributed by atoms with Crippen LogP contribution in [-0.4, -0.2) is 32.2 Å². The average molecular weight is 260 g/mol. The summed E-state index contributed by atoms with van der Waals surface area (Å²) in [4.78, 5) is 8.64. The molecule has 19 heavy (non-hydrogen) atoms. The van der Waals surface area contributed by atoms with E-state index >= 15 is 0 Å². The Morgan fingerprint density at radius 2 is 2.05 bits per heavy atom. The van der Waals surface area contributed by atoms with E-state index in [1.54, 1.807) is 6.33 Å². The maximum absolute atomic E-state index is 5.93. The summed E-state index contributed by atoms with van der Waals surface area (Å²) < 4.78 is 0. The van der Waals surface area contributed by atoms with E-state index in [4.69, 9.17) is 5.73 Å². The van der Waals surface area contributed by atoms with Crippen molar-refractivity contribution in [2.45, 2.75) is 51.1 Å². The number of hydrogen-bond acceptors (Lipinski definition) is 5. The van der Waals surface area contributed by atoms with E-state index in [0.717, 1.165) is 54.6 Å². The number of nitrogens with zero attached hydrogens (tertiary/aromatic N) is 3. The molecule has 2 aromatic heterocycles. The van der Waals surface area contributed by atoms with Gasteiger partial charge >= 0.3 is 0 Å². The molecule has 0 bridgehead atoms. The normalized spacial score (nSPS) is 23.7. The van der Waals surface area contributed by atoms with Crippen molar-refractivity contribution < 1.29 is 0 Å². The van der Waals surface area contributed by atoms with Gasteiger partial charge in [0.2, 0.25) is 0 Å². The van der Waals surface area contributed by atoms with E-state index in [2.05, 4.69) is 32.4 Å². The third-order valence-electron chi connectivity index (χ3n) is 3.88. The molecule has 0 unspecified atom stereocenters. The number of hydrogen-bond donors (Lipinski definition) is 3. The third-order valence-corrected chi connectivity index (χ3v) is 3.88. The van der Waals surface area contributed by atoms with Crippen molar-refractivity contribution in [3.05, 3.63) is 12.0 Å². The molecule has 2 heterocycles. The van der Waals surface area contributed by atoms with Crippen molar-refractivity contribution in [2.24, 2.45) is 5.73 Å². The number of nitrogens with two attached hydrogens (primary N) is 1. The Morgan fingerprint density at radius 3 is 2.79 bits per heavy atom. The number of nitrogens with one attached hydrogen (secondary N) is 2. The molecule has 1 aliphatic carbocycles. The van der Waals surface area contributed by atoms with E-state index in [0.29, 0.717) is 12.1 Å². The molecule has 1 saturated carbocycles. The van der Waals surface area contributed by atoms with E-state index in [1.807, 2.05) is 0 Å². The minimum absolute atomic E-state index is 0.362. The van der Waals surface area contributed by atoms with Gasteiger partial charge in [0.15, 0.2) is 11.3 Å². The predicted molar refractivity (Wildman–Crippen MR) is 74.9 cm³/mol. The highest BCUT2D eigenvalue weighted by atomic mass is 15.2. The number of aryl methyl sites for hydroxylation is 1. The van der Waals surface area contributed by atoms with E-state index in [9.17, 15) is 0 Å². The SMILES string of the molecule is CCc1[nH]nc2c(NC3CCC(N)CC3)ncnc12. The van der Waals surface area contributed by atoms with Crippen molar-refractivity contribution in [2.75, 3.05) is 5.32 Å². The lowest BCUT2D eigenvalue weighted by atomic mass is 9.92. The fourth-order valence-corrected chi connectivity index (χ4v) is 2.69. The van der Waals surface area contributed by atoms with Gasteiger partial charge in [0.1, 0.15) is 11.8 Å². The zero-order valence-electron chi connectivity index (χ0n) is 11.2. The lowest BCUT2D eigenvalue weighted by Crippen LogP contribution is -2.33. The second kappa shape index (κ2) is 5.13. The minimum Gasteiger partial charge on any atom is -0.365 e. The molecule has 102 valence electrons. The largest absolute Gasteiger partial charge is 0.365 e. The first-order chi connectivity index (χ1) is 9.28. The van der Waals surface area contributed by atoms with Gasteiger partial charge in [0, 0.05) is 12.1 Å². The maximum atomic E-state index is 5.93. The predicted octanol–water partition coefficient (Wildman–Crippen LogP) is 1.60. The quantitative estimate of drug-likeness (QED) is 0.779. The number of aromatic amines is 1. The summed E-state index contributed by atoms with van der Waals surface area (Å²) in [6.07, 6.45) is 6.84. The van der Waals surface area contributed by atoms with Crippen LogP contribution in [0.15, 0.2) is 6.33 Å². The highest BCUT2D eigenvalue weighted by Gasteiger charge is 2.20. The Labute approximate surface area is 112 Å². The molecule has 0 radical (unpaired) electrons. The molecular formula is C13H20N6. The molecule has 6 heteroatoms. The minimum atomic E-state index is 0.362. The Balaban J connectivity index is 1.83.